The molecule has 0 N–H and O–H groups in total. The number of hydrogen-bond donors (Lipinski definition) is 0. The van der Waals surface area contributed by atoms with Crippen LogP contribution in [0.25, 0.3) is 11.4 Å². The summed E-state index contributed by atoms with van der Waals surface area (Å²) < 4.78 is 2.89. The molecule has 0 spiro atoms. The van der Waals surface area contributed by atoms with Crippen LogP contribution in [0.4, 0.5) is 0 Å². The molecule has 126 valence electrons. The van der Waals surface area contributed by atoms with Gasteiger partial charge in [-0.05, 0) is 31.3 Å². The summed E-state index contributed by atoms with van der Waals surface area (Å²) in [6, 6.07) is 0. The van der Waals surface area contributed by atoms with Gasteiger partial charge in [0.25, 0.3) is 11.5 Å². The lowest BCUT2D eigenvalue weighted by molar-refractivity contribution is -0.120. The van der Waals surface area contributed by atoms with Crippen molar-refractivity contribution < 1.29 is 4.79 Å². The van der Waals surface area contributed by atoms with Crippen molar-refractivity contribution in [2.75, 3.05) is 21.1 Å². The minimum Gasteiger partial charge on any atom is -0.350 e. The van der Waals surface area contributed by atoms with Gasteiger partial charge in [0.15, 0.2) is 5.11 Å². The number of thiocarbonyl (C=S) groups is 1. The van der Waals surface area contributed by atoms with Gasteiger partial charge in [-0.3, -0.25) is 19.1 Å². The van der Waals surface area contributed by atoms with Crippen LogP contribution in [-0.4, -0.2) is 51.4 Å². The average molecular weight is 362 g/mol. The van der Waals surface area contributed by atoms with Crippen molar-refractivity contribution in [3.63, 3.8) is 0 Å². The van der Waals surface area contributed by atoms with Crippen molar-refractivity contribution in [3.05, 3.63) is 44.0 Å². The summed E-state index contributed by atoms with van der Waals surface area (Å²) in [6.45, 7) is 2.39. The number of carbonyl (C=O) groups excluding carboxylic acids is 1. The second kappa shape index (κ2) is 6.03. The molecular weight excluding hydrogens is 344 g/mol. The highest BCUT2D eigenvalue weighted by molar-refractivity contribution is 7.80. The Morgan fingerprint density at radius 2 is 1.83 bits per heavy atom. The number of hydrogen-bond acceptors (Lipinski definition) is 5. The van der Waals surface area contributed by atoms with E-state index >= 15 is 0 Å². The SMILES string of the molecule is CCn1c(=O)/c(=C2\C=CC=CN2C)s/c1=C1\C(=O)N(C)C(=S)N1C. The second-order valence-electron chi connectivity index (χ2n) is 5.54. The average Bonchev–Trinajstić information content (AvgIpc) is 2.98. The van der Waals surface area contributed by atoms with E-state index in [-0.39, 0.29) is 11.5 Å². The molecule has 0 atom stereocenters. The number of carbonyl (C=O) groups is 1. The maximum atomic E-state index is 12.9. The van der Waals surface area contributed by atoms with Crippen molar-refractivity contribution in [2.24, 2.45) is 0 Å². The Balaban J connectivity index is 2.42. The number of aromatic nitrogens is 1. The van der Waals surface area contributed by atoms with Crippen LogP contribution in [0.3, 0.4) is 0 Å². The van der Waals surface area contributed by atoms with E-state index in [1.807, 2.05) is 43.3 Å². The van der Waals surface area contributed by atoms with Crippen LogP contribution in [0.5, 0.6) is 0 Å². The first-order chi connectivity index (χ1) is 11.4. The first-order valence-corrected chi connectivity index (χ1v) is 8.72. The van der Waals surface area contributed by atoms with Crippen LogP contribution in [0, 0.1) is 0 Å². The molecule has 6 nitrogen and oxygen atoms in total. The maximum absolute atomic E-state index is 12.9. The fraction of sp³-hybridized carbons (Fsp3) is 0.312. The standard InChI is InChI=1S/C16H18N4O2S2/c1-5-20-14(22)12(10-8-6-7-9-17(10)2)24-15(20)11-13(21)19(4)16(23)18(11)3/h6-9H,5H2,1-4H3/b12-10-,15-11+. The Bertz CT molecular complexity index is 967. The molecule has 3 heterocycles. The van der Waals surface area contributed by atoms with E-state index in [1.54, 1.807) is 23.6 Å². The first kappa shape index (κ1) is 16.7. The molecule has 3 rings (SSSR count). The molecule has 1 amide bonds. The number of thiazole rings is 1. The van der Waals surface area contributed by atoms with Gasteiger partial charge in [-0.15, -0.1) is 11.3 Å². The molecule has 0 aromatic carbocycles. The third-order valence-electron chi connectivity index (χ3n) is 4.11. The zero-order valence-corrected chi connectivity index (χ0v) is 15.6. The second-order valence-corrected chi connectivity index (χ2v) is 6.90. The van der Waals surface area contributed by atoms with E-state index in [9.17, 15) is 9.59 Å². The van der Waals surface area contributed by atoms with Crippen LogP contribution in [-0.2, 0) is 11.3 Å². The molecule has 0 unspecified atom stereocenters. The molecular formula is C16H18N4O2S2. The quantitative estimate of drug-likeness (QED) is 0.651. The molecule has 8 heteroatoms. The Morgan fingerprint density at radius 1 is 1.12 bits per heavy atom. The highest BCUT2D eigenvalue weighted by atomic mass is 32.1. The summed E-state index contributed by atoms with van der Waals surface area (Å²) in [4.78, 5) is 30.4. The van der Waals surface area contributed by atoms with Crippen LogP contribution in [0.2, 0.25) is 0 Å². The number of amides is 1. The molecule has 24 heavy (non-hydrogen) atoms. The van der Waals surface area contributed by atoms with Gasteiger partial charge in [0, 0.05) is 33.9 Å². The van der Waals surface area contributed by atoms with E-state index in [4.69, 9.17) is 12.2 Å². The first-order valence-electron chi connectivity index (χ1n) is 7.50. The highest BCUT2D eigenvalue weighted by Gasteiger charge is 2.35. The lowest BCUT2D eigenvalue weighted by Crippen LogP contribution is -2.35. The van der Waals surface area contributed by atoms with Crippen molar-refractivity contribution >= 4 is 46.0 Å². The van der Waals surface area contributed by atoms with Crippen molar-refractivity contribution in [3.8, 4) is 0 Å². The van der Waals surface area contributed by atoms with Gasteiger partial charge in [-0.25, -0.2) is 0 Å². The summed E-state index contributed by atoms with van der Waals surface area (Å²) in [6.07, 6.45) is 7.60. The number of likely N-dealkylation sites (N-methyl/N-ethyl adjacent to an activating group) is 3. The number of rotatable bonds is 1. The fourth-order valence-corrected chi connectivity index (χ4v) is 4.26. The summed E-state index contributed by atoms with van der Waals surface area (Å²) in [5.41, 5.74) is 1.19. The summed E-state index contributed by atoms with van der Waals surface area (Å²) in [5, 5.41) is 0.435. The van der Waals surface area contributed by atoms with Crippen molar-refractivity contribution in [1.29, 1.82) is 0 Å². The highest BCUT2D eigenvalue weighted by Crippen LogP contribution is 2.17. The van der Waals surface area contributed by atoms with E-state index < -0.39 is 0 Å². The molecule has 0 saturated carbocycles. The van der Waals surface area contributed by atoms with Gasteiger partial charge in [0.1, 0.15) is 14.9 Å². The molecule has 2 aliphatic heterocycles. The minimum atomic E-state index is -0.185. The Kier molecular flexibility index (Phi) is 4.18. The fourth-order valence-electron chi connectivity index (χ4n) is 2.74. The Labute approximate surface area is 148 Å². The molecule has 0 aliphatic carbocycles. The largest absolute Gasteiger partial charge is 0.350 e. The molecule has 0 bridgehead atoms. The predicted molar refractivity (Wildman–Crippen MR) is 99.5 cm³/mol. The third kappa shape index (κ3) is 2.33. The normalized spacial score (nSPS) is 22.2. The van der Waals surface area contributed by atoms with Gasteiger partial charge in [0.2, 0.25) is 0 Å². The van der Waals surface area contributed by atoms with Gasteiger partial charge < -0.3 is 9.80 Å². The van der Waals surface area contributed by atoms with Crippen LogP contribution < -0.4 is 14.8 Å². The van der Waals surface area contributed by atoms with Gasteiger partial charge >= 0.3 is 0 Å². The predicted octanol–water partition coefficient (Wildman–Crippen LogP) is -0.150. The lowest BCUT2D eigenvalue weighted by Gasteiger charge is -2.16. The van der Waals surface area contributed by atoms with Gasteiger partial charge in [-0.1, -0.05) is 6.08 Å². The van der Waals surface area contributed by atoms with Crippen LogP contribution in [0.1, 0.15) is 6.92 Å². The van der Waals surface area contributed by atoms with E-state index in [1.165, 1.54) is 16.2 Å². The van der Waals surface area contributed by atoms with E-state index in [0.717, 1.165) is 5.70 Å². The van der Waals surface area contributed by atoms with Gasteiger partial charge in [0.05, 0.1) is 5.70 Å². The summed E-state index contributed by atoms with van der Waals surface area (Å²) in [7, 11) is 5.30. The van der Waals surface area contributed by atoms with Crippen LogP contribution >= 0.6 is 23.6 Å². The maximum Gasteiger partial charge on any atom is 0.279 e. The minimum absolute atomic E-state index is 0.0894. The number of nitrogens with zero attached hydrogens (tertiary/aromatic N) is 4. The smallest absolute Gasteiger partial charge is 0.279 e. The molecule has 1 fully saturated rings. The molecule has 2 aliphatic rings. The van der Waals surface area contributed by atoms with Crippen LogP contribution in [0.15, 0.2) is 29.2 Å². The molecule has 1 saturated heterocycles. The molecule has 1 aromatic rings. The molecule has 1 aromatic heterocycles. The van der Waals surface area contributed by atoms with E-state index in [2.05, 4.69) is 0 Å². The zero-order chi connectivity index (χ0) is 17.6. The third-order valence-corrected chi connectivity index (χ3v) is 5.85. The van der Waals surface area contributed by atoms with Gasteiger partial charge in [-0.2, -0.15) is 0 Å². The summed E-state index contributed by atoms with van der Waals surface area (Å²) in [5.74, 6) is -0.185. The Hall–Kier alpha value is -2.19. The molecule has 0 radical (unpaired) electrons. The summed E-state index contributed by atoms with van der Waals surface area (Å²) >= 11 is 6.61. The zero-order valence-electron chi connectivity index (χ0n) is 13.9. The Morgan fingerprint density at radius 3 is 2.38 bits per heavy atom. The number of allylic oxidation sites excluding steroid dienone is 2. The topological polar surface area (TPSA) is 48.8 Å². The van der Waals surface area contributed by atoms with E-state index in [0.29, 0.717) is 26.5 Å². The van der Waals surface area contributed by atoms with Crippen molar-refractivity contribution in [2.45, 2.75) is 13.5 Å². The lowest BCUT2D eigenvalue weighted by atomic mass is 10.3. The van der Waals surface area contributed by atoms with Crippen molar-refractivity contribution in [1.82, 2.24) is 19.3 Å². The monoisotopic (exact) mass is 362 g/mol.